The minimum Gasteiger partial charge on any atom is -0.465 e. The van der Waals surface area contributed by atoms with Crippen molar-refractivity contribution in [3.63, 3.8) is 0 Å². The molecule has 0 bridgehead atoms. The summed E-state index contributed by atoms with van der Waals surface area (Å²) in [4.78, 5) is 42.0. The van der Waals surface area contributed by atoms with Crippen molar-refractivity contribution in [1.82, 2.24) is 4.90 Å². The third kappa shape index (κ3) is 6.82. The van der Waals surface area contributed by atoms with Gasteiger partial charge < -0.3 is 14.4 Å². The van der Waals surface area contributed by atoms with Crippen LogP contribution in [0.4, 0.5) is 11.4 Å². The topological polar surface area (TPSA) is 76.2 Å². The minimum absolute atomic E-state index is 0.0944. The Bertz CT molecular complexity index is 961. The summed E-state index contributed by atoms with van der Waals surface area (Å²) in [6.07, 6.45) is 1.05. The molecule has 1 amide bonds. The van der Waals surface area contributed by atoms with Crippen LogP contribution in [-0.4, -0.2) is 58.6 Å². The second kappa shape index (κ2) is 13.3. The minimum atomic E-state index is -1.24. The van der Waals surface area contributed by atoms with Gasteiger partial charge in [0.15, 0.2) is 5.92 Å². The van der Waals surface area contributed by atoms with Gasteiger partial charge in [0.1, 0.15) is 4.32 Å². The lowest BCUT2D eigenvalue weighted by Crippen LogP contribution is -2.50. The SMILES string of the molecule is CCOC(=O)C(C(=O)OCC)C(CSC(=S)N(c1ccccc1)c1ccccc1)N1CCCC1=O. The number of thiocarbonyl (C=S) groups is 1. The zero-order chi connectivity index (χ0) is 25.2. The van der Waals surface area contributed by atoms with Gasteiger partial charge in [-0.05, 0) is 44.5 Å². The highest BCUT2D eigenvalue weighted by Crippen LogP contribution is 2.32. The molecule has 1 unspecified atom stereocenters. The molecule has 0 N–H and O–H groups in total. The summed E-state index contributed by atoms with van der Waals surface area (Å²) >= 11 is 7.15. The highest BCUT2D eigenvalue weighted by molar-refractivity contribution is 8.23. The fraction of sp³-hybridized carbons (Fsp3) is 0.385. The van der Waals surface area contributed by atoms with Crippen LogP contribution in [0, 0.1) is 5.92 Å². The van der Waals surface area contributed by atoms with E-state index in [0.29, 0.717) is 23.7 Å². The lowest BCUT2D eigenvalue weighted by atomic mass is 10.00. The van der Waals surface area contributed by atoms with Crippen LogP contribution in [0.15, 0.2) is 60.7 Å². The molecule has 2 aromatic carbocycles. The van der Waals surface area contributed by atoms with Gasteiger partial charge in [-0.1, -0.05) is 60.4 Å². The second-order valence-electron chi connectivity index (χ2n) is 7.82. The Hall–Kier alpha value is -2.91. The number of benzene rings is 2. The maximum Gasteiger partial charge on any atom is 0.322 e. The van der Waals surface area contributed by atoms with E-state index in [1.54, 1.807) is 18.7 Å². The van der Waals surface area contributed by atoms with Gasteiger partial charge in [0.25, 0.3) is 0 Å². The number of likely N-dealkylation sites (tertiary alicyclic amines) is 1. The Kier molecular flexibility index (Phi) is 10.1. The molecule has 1 atom stereocenters. The summed E-state index contributed by atoms with van der Waals surface area (Å²) in [6, 6.07) is 18.7. The summed E-state index contributed by atoms with van der Waals surface area (Å²) in [5, 5.41) is 0. The van der Waals surface area contributed by atoms with Gasteiger partial charge in [0.05, 0.1) is 19.3 Å². The van der Waals surface area contributed by atoms with Crippen molar-refractivity contribution in [3.05, 3.63) is 60.7 Å². The molecule has 7 nitrogen and oxygen atoms in total. The van der Waals surface area contributed by atoms with Crippen LogP contribution in [0.25, 0.3) is 0 Å². The summed E-state index contributed by atoms with van der Waals surface area (Å²) in [6.45, 7) is 4.07. The van der Waals surface area contributed by atoms with E-state index in [0.717, 1.165) is 11.4 Å². The number of hydrogen-bond donors (Lipinski definition) is 0. The van der Waals surface area contributed by atoms with Crippen molar-refractivity contribution in [3.8, 4) is 0 Å². The molecule has 0 spiro atoms. The quantitative estimate of drug-likeness (QED) is 0.259. The van der Waals surface area contributed by atoms with E-state index in [4.69, 9.17) is 21.7 Å². The van der Waals surface area contributed by atoms with Crippen LogP contribution in [0.2, 0.25) is 0 Å². The molecule has 9 heteroatoms. The Balaban J connectivity index is 1.90. The number of nitrogens with zero attached hydrogens (tertiary/aromatic N) is 2. The Morgan fingerprint density at radius 1 is 0.971 bits per heavy atom. The van der Waals surface area contributed by atoms with Crippen LogP contribution < -0.4 is 4.90 Å². The van der Waals surface area contributed by atoms with Crippen molar-refractivity contribution >= 4 is 57.5 Å². The molecule has 0 aliphatic carbocycles. The number of thioether (sulfide) groups is 1. The van der Waals surface area contributed by atoms with Crippen molar-refractivity contribution in [2.24, 2.45) is 5.92 Å². The zero-order valence-corrected chi connectivity index (χ0v) is 21.6. The standard InChI is InChI=1S/C26H30N2O5S2/c1-3-32-24(30)23(25(31)33-4-2)21(27-17-11-16-22(27)29)18-35-26(34)28(19-12-7-5-8-13-19)20-14-9-6-10-15-20/h5-10,12-15,21,23H,3-4,11,16-18H2,1-2H3. The fourth-order valence-electron chi connectivity index (χ4n) is 4.00. The van der Waals surface area contributed by atoms with Gasteiger partial charge in [0.2, 0.25) is 5.91 Å². The molecule has 35 heavy (non-hydrogen) atoms. The summed E-state index contributed by atoms with van der Waals surface area (Å²) in [5.74, 6) is -2.48. The molecule has 1 saturated heterocycles. The number of anilines is 2. The number of amides is 1. The number of ether oxygens (including phenoxy) is 2. The van der Waals surface area contributed by atoms with E-state index >= 15 is 0 Å². The van der Waals surface area contributed by atoms with Crippen molar-refractivity contribution in [2.75, 3.05) is 30.4 Å². The average molecular weight is 515 g/mol. The number of rotatable bonds is 10. The predicted octanol–water partition coefficient (Wildman–Crippen LogP) is 4.58. The first-order valence-electron chi connectivity index (χ1n) is 11.7. The van der Waals surface area contributed by atoms with E-state index in [1.807, 2.05) is 65.6 Å². The molecule has 3 rings (SSSR count). The van der Waals surface area contributed by atoms with Crippen molar-refractivity contribution in [1.29, 1.82) is 0 Å². The molecule has 0 saturated carbocycles. The van der Waals surface area contributed by atoms with Crippen LogP contribution >= 0.6 is 24.0 Å². The van der Waals surface area contributed by atoms with Gasteiger partial charge in [-0.2, -0.15) is 0 Å². The maximum absolute atomic E-state index is 12.9. The molecular formula is C26H30N2O5S2. The van der Waals surface area contributed by atoms with Gasteiger partial charge in [-0.25, -0.2) is 0 Å². The van der Waals surface area contributed by atoms with Gasteiger partial charge >= 0.3 is 11.9 Å². The van der Waals surface area contributed by atoms with E-state index in [1.165, 1.54) is 11.8 Å². The normalized spacial score (nSPS) is 14.0. The average Bonchev–Trinajstić information content (AvgIpc) is 3.29. The highest BCUT2D eigenvalue weighted by Gasteiger charge is 2.43. The van der Waals surface area contributed by atoms with Crippen molar-refractivity contribution < 1.29 is 23.9 Å². The number of carbonyl (C=O) groups is 3. The molecule has 0 radical (unpaired) electrons. The van der Waals surface area contributed by atoms with Crippen LogP contribution in [0.5, 0.6) is 0 Å². The molecule has 1 fully saturated rings. The van der Waals surface area contributed by atoms with Crippen LogP contribution in [0.1, 0.15) is 26.7 Å². The molecule has 186 valence electrons. The Labute approximate surface area is 215 Å². The third-order valence-electron chi connectivity index (χ3n) is 5.57. The molecule has 1 aliphatic heterocycles. The first-order valence-corrected chi connectivity index (χ1v) is 13.1. The predicted molar refractivity (Wildman–Crippen MR) is 142 cm³/mol. The van der Waals surface area contributed by atoms with E-state index in [2.05, 4.69) is 0 Å². The lowest BCUT2D eigenvalue weighted by Gasteiger charge is -2.33. The summed E-state index contributed by atoms with van der Waals surface area (Å²) in [7, 11) is 0. The summed E-state index contributed by atoms with van der Waals surface area (Å²) < 4.78 is 11.0. The number of esters is 2. The van der Waals surface area contributed by atoms with Gasteiger partial charge in [0, 0.05) is 30.1 Å². The monoisotopic (exact) mass is 514 g/mol. The third-order valence-corrected chi connectivity index (χ3v) is 7.04. The zero-order valence-electron chi connectivity index (χ0n) is 19.9. The first kappa shape index (κ1) is 26.7. The highest BCUT2D eigenvalue weighted by atomic mass is 32.2. The van der Waals surface area contributed by atoms with Gasteiger partial charge in [-0.3, -0.25) is 19.3 Å². The van der Waals surface area contributed by atoms with Crippen molar-refractivity contribution in [2.45, 2.75) is 32.7 Å². The first-order chi connectivity index (χ1) is 17.0. The number of hydrogen-bond acceptors (Lipinski definition) is 7. The Morgan fingerprint density at radius 2 is 1.49 bits per heavy atom. The van der Waals surface area contributed by atoms with E-state index in [9.17, 15) is 14.4 Å². The van der Waals surface area contributed by atoms with Gasteiger partial charge in [-0.15, -0.1) is 0 Å². The van der Waals surface area contributed by atoms with E-state index in [-0.39, 0.29) is 24.9 Å². The van der Waals surface area contributed by atoms with E-state index < -0.39 is 23.9 Å². The van der Waals surface area contributed by atoms with Crippen LogP contribution in [0.3, 0.4) is 0 Å². The molecule has 1 heterocycles. The number of para-hydroxylation sites is 2. The number of carbonyl (C=O) groups excluding carboxylic acids is 3. The molecular weight excluding hydrogens is 484 g/mol. The van der Waals surface area contributed by atoms with Crippen LogP contribution in [-0.2, 0) is 23.9 Å². The Morgan fingerprint density at radius 3 is 1.91 bits per heavy atom. The molecule has 1 aliphatic rings. The lowest BCUT2D eigenvalue weighted by molar-refractivity contribution is -0.165. The largest absolute Gasteiger partial charge is 0.465 e. The molecule has 0 aromatic heterocycles. The maximum atomic E-state index is 12.9. The second-order valence-corrected chi connectivity index (χ2v) is 9.48. The summed E-state index contributed by atoms with van der Waals surface area (Å²) in [5.41, 5.74) is 1.77. The molecule has 2 aromatic rings. The fourth-order valence-corrected chi connectivity index (χ4v) is 5.44. The smallest absolute Gasteiger partial charge is 0.322 e.